The zero-order chi connectivity index (χ0) is 21.5. The first-order valence-electron chi connectivity index (χ1n) is 9.99. The molecule has 7 heteroatoms. The maximum Gasteiger partial charge on any atom is 0.319 e. The normalized spacial score (nSPS) is 15.8. The largest absolute Gasteiger partial charge is 0.495 e. The van der Waals surface area contributed by atoms with Gasteiger partial charge in [0, 0.05) is 5.70 Å². The molecule has 2 aromatic rings. The molecular weight excluding hydrogens is 382 g/mol. The van der Waals surface area contributed by atoms with E-state index in [1.54, 1.807) is 26.2 Å². The van der Waals surface area contributed by atoms with Crippen molar-refractivity contribution in [3.8, 4) is 11.5 Å². The van der Waals surface area contributed by atoms with E-state index in [-0.39, 0.29) is 11.9 Å². The third-order valence-electron chi connectivity index (χ3n) is 4.85. The number of methoxy groups -OCH3 is 1. The van der Waals surface area contributed by atoms with Crippen molar-refractivity contribution in [2.24, 2.45) is 0 Å². The molecule has 0 fully saturated rings. The average molecular weight is 409 g/mol. The Morgan fingerprint density at radius 1 is 1.13 bits per heavy atom. The third kappa shape index (κ3) is 4.92. The van der Waals surface area contributed by atoms with Crippen molar-refractivity contribution in [3.63, 3.8) is 0 Å². The molecule has 30 heavy (non-hydrogen) atoms. The van der Waals surface area contributed by atoms with E-state index in [1.807, 2.05) is 36.4 Å². The topological polar surface area (TPSA) is 88.7 Å². The van der Waals surface area contributed by atoms with Gasteiger partial charge >= 0.3 is 6.03 Å². The van der Waals surface area contributed by atoms with E-state index in [2.05, 4.69) is 22.9 Å². The number of allylic oxidation sites excluding steroid dienone is 1. The van der Waals surface area contributed by atoms with E-state index in [0.29, 0.717) is 29.3 Å². The number of ether oxygens (including phenoxy) is 2. The van der Waals surface area contributed by atoms with Crippen molar-refractivity contribution >= 4 is 17.6 Å². The van der Waals surface area contributed by atoms with Crippen molar-refractivity contribution < 1.29 is 19.1 Å². The Kier molecular flexibility index (Phi) is 6.95. The second-order valence-electron chi connectivity index (χ2n) is 7.00. The Bertz CT molecular complexity index is 938. The number of para-hydroxylation sites is 2. The molecule has 1 aliphatic heterocycles. The quantitative estimate of drug-likeness (QED) is 0.572. The molecule has 2 aromatic carbocycles. The molecule has 0 aliphatic carbocycles. The molecule has 0 spiro atoms. The summed E-state index contributed by atoms with van der Waals surface area (Å²) in [5, 5.41) is 8.41. The second-order valence-corrected chi connectivity index (χ2v) is 7.00. The van der Waals surface area contributed by atoms with Crippen LogP contribution >= 0.6 is 0 Å². The number of amides is 3. The van der Waals surface area contributed by atoms with Crippen molar-refractivity contribution in [2.75, 3.05) is 19.0 Å². The van der Waals surface area contributed by atoms with E-state index in [4.69, 9.17) is 9.47 Å². The molecule has 0 saturated carbocycles. The molecule has 0 radical (unpaired) electrons. The van der Waals surface area contributed by atoms with Crippen LogP contribution in [0, 0.1) is 0 Å². The molecule has 3 amide bonds. The fourth-order valence-electron chi connectivity index (χ4n) is 3.27. The number of carbonyl (C=O) groups excluding carboxylic acids is 2. The van der Waals surface area contributed by atoms with Gasteiger partial charge in [-0.3, -0.25) is 4.79 Å². The summed E-state index contributed by atoms with van der Waals surface area (Å²) in [7, 11) is 1.55. The van der Waals surface area contributed by atoms with Gasteiger partial charge in [-0.05, 0) is 43.2 Å². The number of nitrogens with one attached hydrogen (secondary N) is 3. The highest BCUT2D eigenvalue weighted by Gasteiger charge is 2.31. The van der Waals surface area contributed by atoms with Gasteiger partial charge in [-0.2, -0.15) is 0 Å². The summed E-state index contributed by atoms with van der Waals surface area (Å²) in [5.41, 5.74) is 2.28. The number of anilines is 1. The zero-order valence-corrected chi connectivity index (χ0v) is 17.5. The van der Waals surface area contributed by atoms with Gasteiger partial charge in [0.2, 0.25) is 0 Å². The van der Waals surface area contributed by atoms with Crippen LogP contribution < -0.4 is 25.4 Å². The van der Waals surface area contributed by atoms with Gasteiger partial charge < -0.3 is 25.4 Å². The van der Waals surface area contributed by atoms with Gasteiger partial charge in [-0.25, -0.2) is 4.79 Å². The Hall–Kier alpha value is -3.48. The van der Waals surface area contributed by atoms with E-state index < -0.39 is 6.04 Å². The molecule has 1 aliphatic rings. The van der Waals surface area contributed by atoms with Gasteiger partial charge in [0.15, 0.2) is 0 Å². The predicted molar refractivity (Wildman–Crippen MR) is 116 cm³/mol. The van der Waals surface area contributed by atoms with Crippen LogP contribution in [-0.4, -0.2) is 25.7 Å². The number of hydrogen-bond acceptors (Lipinski definition) is 4. The minimum atomic E-state index is -0.585. The molecule has 0 aromatic heterocycles. The Morgan fingerprint density at radius 3 is 2.57 bits per heavy atom. The van der Waals surface area contributed by atoms with Crippen LogP contribution in [0.1, 0.15) is 38.3 Å². The lowest BCUT2D eigenvalue weighted by atomic mass is 9.94. The maximum absolute atomic E-state index is 13.1. The molecule has 0 saturated heterocycles. The van der Waals surface area contributed by atoms with E-state index in [1.165, 1.54) is 0 Å². The highest BCUT2D eigenvalue weighted by molar-refractivity contribution is 6.07. The lowest BCUT2D eigenvalue weighted by Gasteiger charge is -2.29. The van der Waals surface area contributed by atoms with Crippen LogP contribution in [0.4, 0.5) is 10.5 Å². The predicted octanol–water partition coefficient (Wildman–Crippen LogP) is 4.14. The Labute approximate surface area is 176 Å². The summed E-state index contributed by atoms with van der Waals surface area (Å²) in [6.07, 6.45) is 2.05. The second kappa shape index (κ2) is 9.82. The summed E-state index contributed by atoms with van der Waals surface area (Å²) in [6.45, 7) is 4.48. The first kappa shape index (κ1) is 21.2. The van der Waals surface area contributed by atoms with Crippen LogP contribution in [0.5, 0.6) is 11.5 Å². The molecule has 1 heterocycles. The molecule has 158 valence electrons. The highest BCUT2D eigenvalue weighted by atomic mass is 16.5. The lowest BCUT2D eigenvalue weighted by Crippen LogP contribution is -2.45. The van der Waals surface area contributed by atoms with Crippen LogP contribution in [0.2, 0.25) is 0 Å². The van der Waals surface area contributed by atoms with E-state index in [0.717, 1.165) is 24.2 Å². The molecule has 1 unspecified atom stereocenters. The number of benzene rings is 2. The number of rotatable bonds is 8. The highest BCUT2D eigenvalue weighted by Crippen LogP contribution is 2.30. The average Bonchev–Trinajstić information content (AvgIpc) is 2.74. The summed E-state index contributed by atoms with van der Waals surface area (Å²) < 4.78 is 11.0. The first-order valence-corrected chi connectivity index (χ1v) is 9.99. The van der Waals surface area contributed by atoms with Gasteiger partial charge in [-0.15, -0.1) is 0 Å². The van der Waals surface area contributed by atoms with Crippen LogP contribution in [0.25, 0.3) is 0 Å². The van der Waals surface area contributed by atoms with E-state index in [9.17, 15) is 9.59 Å². The Balaban J connectivity index is 1.84. The summed E-state index contributed by atoms with van der Waals surface area (Å²) >= 11 is 0. The molecule has 0 bridgehead atoms. The molecule has 3 N–H and O–H groups in total. The smallest absolute Gasteiger partial charge is 0.319 e. The fourth-order valence-corrected chi connectivity index (χ4v) is 3.27. The number of hydrogen-bond donors (Lipinski definition) is 3. The minimum Gasteiger partial charge on any atom is -0.495 e. The molecule has 7 nitrogen and oxygen atoms in total. The summed E-state index contributed by atoms with van der Waals surface area (Å²) in [5.74, 6) is 0.994. The van der Waals surface area contributed by atoms with Crippen LogP contribution in [0.3, 0.4) is 0 Å². The summed E-state index contributed by atoms with van der Waals surface area (Å²) in [4.78, 5) is 25.2. The SMILES string of the molecule is CCCCOc1ccc(C2NC(=O)NC(C)=C2C(=O)Nc2ccccc2OC)cc1. The van der Waals surface area contributed by atoms with Crippen LogP contribution in [0.15, 0.2) is 59.8 Å². The zero-order valence-electron chi connectivity index (χ0n) is 17.5. The van der Waals surface area contributed by atoms with Crippen molar-refractivity contribution in [1.29, 1.82) is 0 Å². The maximum atomic E-state index is 13.1. The van der Waals surface area contributed by atoms with Gasteiger partial charge in [-0.1, -0.05) is 37.6 Å². The standard InChI is InChI=1S/C23H27N3O4/c1-4-5-14-30-17-12-10-16(11-13-17)21-20(15(2)24-23(28)26-21)22(27)25-18-8-6-7-9-19(18)29-3/h6-13,21H,4-5,14H2,1-3H3,(H,25,27)(H2,24,26,28). The minimum absolute atomic E-state index is 0.322. The number of carbonyl (C=O) groups is 2. The van der Waals surface area contributed by atoms with Crippen LogP contribution in [-0.2, 0) is 4.79 Å². The van der Waals surface area contributed by atoms with E-state index >= 15 is 0 Å². The van der Waals surface area contributed by atoms with Crippen molar-refractivity contribution in [2.45, 2.75) is 32.7 Å². The summed E-state index contributed by atoms with van der Waals surface area (Å²) in [6, 6.07) is 13.7. The number of unbranched alkanes of at least 4 members (excludes halogenated alkanes) is 1. The third-order valence-corrected chi connectivity index (χ3v) is 4.85. The monoisotopic (exact) mass is 409 g/mol. The first-order chi connectivity index (χ1) is 14.5. The Morgan fingerprint density at radius 2 is 1.87 bits per heavy atom. The molecular formula is C23H27N3O4. The molecule has 3 rings (SSSR count). The molecule has 1 atom stereocenters. The fraction of sp³-hybridized carbons (Fsp3) is 0.304. The van der Waals surface area contributed by atoms with Crippen molar-refractivity contribution in [3.05, 3.63) is 65.4 Å². The van der Waals surface area contributed by atoms with Crippen molar-refractivity contribution in [1.82, 2.24) is 10.6 Å². The lowest BCUT2D eigenvalue weighted by molar-refractivity contribution is -0.113. The number of urea groups is 1. The van der Waals surface area contributed by atoms with Gasteiger partial charge in [0.05, 0.1) is 31.0 Å². The van der Waals surface area contributed by atoms with Gasteiger partial charge in [0.25, 0.3) is 5.91 Å². The van der Waals surface area contributed by atoms with Gasteiger partial charge in [0.1, 0.15) is 11.5 Å².